The number of hydrogen-bond acceptors (Lipinski definition) is 14. The molecule has 3 atom stereocenters. The van der Waals surface area contributed by atoms with E-state index in [-0.39, 0.29) is 13.4 Å². The Hall–Kier alpha value is -0.560. The fourth-order valence-electron chi connectivity index (χ4n) is 0.453. The molecule has 0 amide bonds. The lowest BCUT2D eigenvalue weighted by Crippen LogP contribution is -2.12. The first kappa shape index (κ1) is 59.0. The van der Waals surface area contributed by atoms with Crippen molar-refractivity contribution in [2.24, 2.45) is 17.3 Å². The molecule has 2 N–H and O–H groups in total. The van der Waals surface area contributed by atoms with Gasteiger partial charge in [-0.2, -0.15) is 17.3 Å². The minimum absolute atomic E-state index is 0. The van der Waals surface area contributed by atoms with Gasteiger partial charge >= 0.3 is 23.2 Å². The second-order valence-corrected chi connectivity index (χ2v) is 11.9. The molecule has 0 bridgehead atoms. The Labute approximate surface area is 249 Å². The lowest BCUT2D eigenvalue weighted by molar-refractivity contribution is -0.635. The van der Waals surface area contributed by atoms with Gasteiger partial charge in [0.15, 0.2) is 0 Å². The maximum Gasteiger partial charge on any atom is 1.00 e. The first-order chi connectivity index (χ1) is 17.7. The Balaban J connectivity index is -0.0000000428. The Morgan fingerprint density at radius 2 is 1.10 bits per heavy atom. The molecule has 252 valence electrons. The number of allylic oxidation sites excluding steroid dienone is 1. The Morgan fingerprint density at radius 3 is 1.18 bits per heavy atom. The van der Waals surface area contributed by atoms with Crippen LogP contribution in [-0.4, -0.2) is 41.7 Å². The second kappa shape index (κ2) is 42.9. The molecule has 0 spiro atoms. The summed E-state index contributed by atoms with van der Waals surface area (Å²) in [6.45, 7) is 32.4. The lowest BCUT2D eigenvalue weighted by atomic mass is 9.93. The predicted octanol–water partition coefficient (Wildman–Crippen LogP) is 1.57. The first-order valence-electron chi connectivity index (χ1n) is 10.7. The van der Waals surface area contributed by atoms with Crippen LogP contribution in [-0.2, 0) is 65.9 Å². The number of rotatable bonds is 6. The van der Waals surface area contributed by atoms with Crippen LogP contribution in [0.3, 0.4) is 0 Å². The summed E-state index contributed by atoms with van der Waals surface area (Å²) in [4.78, 5) is 0. The quantitative estimate of drug-likeness (QED) is 0.0769. The maximum absolute atomic E-state index is 10.1. The monoisotopic (exact) mass is 673 g/mol. The van der Waals surface area contributed by atoms with E-state index >= 15 is 0 Å². The standard InChI is InChI=1S/C6H14O4S.2C4H10.C4H8.C2H4.3H2O4S/c1-6(2,3)4-5-10-11(7,8)9;3*1-4(2)3;1-2;3*1-4-5(2)3/h4-5H2,1-3H3,(H,7,8,9);2*4H,1-3H3;1H2,2-3H3;1-2H2;3*1H,(H,2,3)/p-3. The summed E-state index contributed by atoms with van der Waals surface area (Å²) in [6.07, 6.45) is 0.590. The van der Waals surface area contributed by atoms with Crippen molar-refractivity contribution in [3.05, 3.63) is 25.3 Å². The second-order valence-electron chi connectivity index (χ2n) is 9.09. The molecule has 0 aliphatic rings. The summed E-state index contributed by atoms with van der Waals surface area (Å²) < 4.78 is 91.4. The van der Waals surface area contributed by atoms with Crippen LogP contribution >= 0.6 is 0 Å². The van der Waals surface area contributed by atoms with Gasteiger partial charge in [0.1, 0.15) is 0 Å². The van der Waals surface area contributed by atoms with Crippen molar-refractivity contribution in [3.63, 3.8) is 0 Å². The molecule has 0 heterocycles. The van der Waals surface area contributed by atoms with Crippen LogP contribution in [0.5, 0.6) is 0 Å². The fraction of sp³-hybridized carbons (Fsp3) is 0.800. The smallest absolute Gasteiger partial charge is 0.750 e. The molecule has 0 aliphatic heterocycles. The molecule has 0 radical (unpaired) electrons. The van der Waals surface area contributed by atoms with E-state index in [0.29, 0.717) is 6.42 Å². The van der Waals surface area contributed by atoms with Crippen molar-refractivity contribution >= 4 is 44.5 Å². The maximum atomic E-state index is 10.1. The van der Waals surface area contributed by atoms with Crippen molar-refractivity contribution in [1.82, 2.24) is 0 Å². The van der Waals surface area contributed by atoms with Crippen molar-refractivity contribution in [2.45, 2.75) is 82.6 Å². The summed E-state index contributed by atoms with van der Waals surface area (Å²) in [5.74, 6) is 1.67. The highest BCUT2D eigenvalue weighted by Crippen LogP contribution is 2.18. The molecule has 0 saturated heterocycles. The zero-order valence-electron chi connectivity index (χ0n) is 26.0. The summed E-state index contributed by atoms with van der Waals surface area (Å²) in [7, 11) is -4.25. The topological polar surface area (TPSA) is 278 Å². The third-order valence-electron chi connectivity index (χ3n) is 1.26. The van der Waals surface area contributed by atoms with Crippen LogP contribution in [0, 0.1) is 17.3 Å². The van der Waals surface area contributed by atoms with Gasteiger partial charge < -0.3 is 33.5 Å². The van der Waals surface area contributed by atoms with Crippen molar-refractivity contribution in [1.29, 1.82) is 0 Å². The zero-order chi connectivity index (χ0) is 34.7. The van der Waals surface area contributed by atoms with Crippen LogP contribution in [0.15, 0.2) is 25.3 Å². The predicted molar refractivity (Wildman–Crippen MR) is 149 cm³/mol. The van der Waals surface area contributed by atoms with Gasteiger partial charge in [0.2, 0.25) is 0 Å². The van der Waals surface area contributed by atoms with Crippen molar-refractivity contribution in [2.75, 3.05) is 6.61 Å². The molecular weight excluding hydrogens is 624 g/mol. The normalized spacial score (nSPS) is 11.8. The average Bonchev–Trinajstić information content (AvgIpc) is 2.73. The fourth-order valence-corrected chi connectivity index (χ4v) is 0.747. The van der Waals surface area contributed by atoms with E-state index in [1.54, 1.807) is 0 Å². The third-order valence-corrected chi connectivity index (χ3v) is 2.07. The Morgan fingerprint density at radius 1 is 0.925 bits per heavy atom. The van der Waals surface area contributed by atoms with E-state index in [9.17, 15) is 8.42 Å². The molecule has 0 aromatic carbocycles. The van der Waals surface area contributed by atoms with E-state index < -0.39 is 44.5 Å². The SMILES string of the molecule is C=C.C=C(C)C.CC(C)(C)CCOS(=O)(=O)O.CC(C)C.CC(C)C.O=S([O-])O[O-].O=S([O-])O[O-].O=[SH+](O)O[O-].[H+]. The average molecular weight is 674 g/mol. The van der Waals surface area contributed by atoms with Crippen molar-refractivity contribution in [3.8, 4) is 0 Å². The summed E-state index contributed by atoms with van der Waals surface area (Å²) in [6, 6.07) is 0. The Kier molecular flexibility index (Phi) is 63.2. The van der Waals surface area contributed by atoms with Gasteiger partial charge in [-0.25, -0.2) is 12.6 Å². The van der Waals surface area contributed by atoms with Gasteiger partial charge in [0.25, 0.3) is 0 Å². The van der Waals surface area contributed by atoms with Gasteiger partial charge in [0.05, 0.1) is 29.3 Å². The molecular formula is C20H49O16S4-3. The van der Waals surface area contributed by atoms with Crippen LogP contribution < -0.4 is 15.8 Å². The molecule has 0 rings (SSSR count). The number of thiol groups is 1. The highest BCUT2D eigenvalue weighted by Gasteiger charge is 2.12. The zero-order valence-corrected chi connectivity index (χ0v) is 28.3. The Bertz CT molecular complexity index is 636. The molecule has 0 aromatic heterocycles. The van der Waals surface area contributed by atoms with Crippen molar-refractivity contribution < 1.29 is 73.6 Å². The summed E-state index contributed by atoms with van der Waals surface area (Å²) >= 11 is -8.66. The van der Waals surface area contributed by atoms with Crippen LogP contribution in [0.25, 0.3) is 0 Å². The minimum Gasteiger partial charge on any atom is -0.750 e. The van der Waals surface area contributed by atoms with E-state index in [4.69, 9.17) is 46.6 Å². The van der Waals surface area contributed by atoms with Gasteiger partial charge in [-0.1, -0.05) is 67.9 Å². The molecule has 16 nitrogen and oxygen atoms in total. The molecule has 40 heavy (non-hydrogen) atoms. The van der Waals surface area contributed by atoms with Gasteiger partial charge in [0, 0.05) is 0 Å². The lowest BCUT2D eigenvalue weighted by Gasteiger charge is -2.16. The highest BCUT2D eigenvalue weighted by molar-refractivity contribution is 7.80. The van der Waals surface area contributed by atoms with Crippen LogP contribution in [0.2, 0.25) is 0 Å². The molecule has 0 aliphatic carbocycles. The van der Waals surface area contributed by atoms with E-state index in [1.807, 2.05) is 34.6 Å². The summed E-state index contributed by atoms with van der Waals surface area (Å²) in [5, 5.41) is 25.6. The van der Waals surface area contributed by atoms with E-state index in [2.05, 4.69) is 78.5 Å². The first-order valence-corrected chi connectivity index (χ1v) is 15.2. The van der Waals surface area contributed by atoms with Gasteiger partial charge in [-0.15, -0.1) is 19.7 Å². The molecule has 0 fully saturated rings. The largest absolute Gasteiger partial charge is 1.00 e. The van der Waals surface area contributed by atoms with Gasteiger partial charge in [-0.3, -0.25) is 4.55 Å². The molecule has 0 aromatic rings. The molecule has 3 unspecified atom stereocenters. The van der Waals surface area contributed by atoms with E-state index in [1.165, 1.54) is 5.57 Å². The van der Waals surface area contributed by atoms with Crippen LogP contribution in [0.1, 0.15) is 84.0 Å². The summed E-state index contributed by atoms with van der Waals surface area (Å²) in [5.41, 5.74) is 1.19. The minimum atomic E-state index is -4.25. The molecule has 20 heteroatoms. The third kappa shape index (κ3) is 275. The van der Waals surface area contributed by atoms with Crippen LogP contribution in [0.4, 0.5) is 0 Å². The highest BCUT2D eigenvalue weighted by atomic mass is 32.3. The van der Waals surface area contributed by atoms with Gasteiger partial charge in [-0.05, 0) is 41.7 Å². The van der Waals surface area contributed by atoms with E-state index in [0.717, 1.165) is 11.8 Å². The molecule has 0 saturated carbocycles. The number of hydrogen-bond donors (Lipinski definition) is 2.